The van der Waals surface area contributed by atoms with Crippen LogP contribution in [0.4, 0.5) is 5.82 Å². The highest BCUT2D eigenvalue weighted by Crippen LogP contribution is 2.14. The summed E-state index contributed by atoms with van der Waals surface area (Å²) in [6.07, 6.45) is 3.10. The van der Waals surface area contributed by atoms with Gasteiger partial charge in [0.2, 0.25) is 0 Å². The number of rotatable bonds is 3. The molecule has 0 saturated carbocycles. The number of aryl methyl sites for hydroxylation is 2. The van der Waals surface area contributed by atoms with Crippen molar-refractivity contribution in [2.75, 3.05) is 43.0 Å². The Morgan fingerprint density at radius 2 is 2.00 bits per heavy atom. The van der Waals surface area contributed by atoms with Gasteiger partial charge >= 0.3 is 0 Å². The van der Waals surface area contributed by atoms with E-state index in [9.17, 15) is 0 Å². The second-order valence-electron chi connectivity index (χ2n) is 4.77. The summed E-state index contributed by atoms with van der Waals surface area (Å²) >= 11 is 3.51. The van der Waals surface area contributed by atoms with Crippen LogP contribution in [0.5, 0.6) is 0 Å². The molecule has 0 radical (unpaired) electrons. The van der Waals surface area contributed by atoms with Gasteiger partial charge in [0.1, 0.15) is 5.82 Å². The number of halogens is 1. The van der Waals surface area contributed by atoms with Crippen molar-refractivity contribution in [2.24, 2.45) is 0 Å². The summed E-state index contributed by atoms with van der Waals surface area (Å²) in [6.45, 7) is 9.58. The Kier molecular flexibility index (Phi) is 4.95. The fourth-order valence-electron chi connectivity index (χ4n) is 2.23. The third-order valence-electron chi connectivity index (χ3n) is 3.49. The Hall–Kier alpha value is -0.680. The second-order valence-corrected chi connectivity index (χ2v) is 5.56. The van der Waals surface area contributed by atoms with Crippen molar-refractivity contribution in [2.45, 2.75) is 20.3 Å². The van der Waals surface area contributed by atoms with Gasteiger partial charge in [0.15, 0.2) is 0 Å². The van der Waals surface area contributed by atoms with E-state index in [1.165, 1.54) is 13.0 Å². The molecule has 1 aliphatic rings. The summed E-state index contributed by atoms with van der Waals surface area (Å²) in [5, 5.41) is 1.05. The average Bonchev–Trinajstić information content (AvgIpc) is 2.59. The topological polar surface area (TPSA) is 32.3 Å². The molecule has 0 bridgehead atoms. The van der Waals surface area contributed by atoms with Crippen LogP contribution in [-0.4, -0.2) is 52.9 Å². The predicted octanol–water partition coefficient (Wildman–Crippen LogP) is 2.00. The lowest BCUT2D eigenvalue weighted by molar-refractivity contribution is 0.313. The lowest BCUT2D eigenvalue weighted by Crippen LogP contribution is -2.32. The van der Waals surface area contributed by atoms with E-state index in [-0.39, 0.29) is 0 Å². The minimum atomic E-state index is 1.02. The fourth-order valence-corrected chi connectivity index (χ4v) is 2.73. The van der Waals surface area contributed by atoms with Gasteiger partial charge in [0.25, 0.3) is 0 Å². The van der Waals surface area contributed by atoms with Crippen molar-refractivity contribution in [1.29, 1.82) is 0 Å². The normalized spacial score (nSPS) is 17.8. The molecule has 0 atom stereocenters. The van der Waals surface area contributed by atoms with E-state index in [2.05, 4.69) is 35.7 Å². The first-order valence-corrected chi connectivity index (χ1v) is 7.66. The van der Waals surface area contributed by atoms with Crippen LogP contribution in [0.25, 0.3) is 0 Å². The monoisotopic (exact) mass is 312 g/mol. The van der Waals surface area contributed by atoms with Gasteiger partial charge in [-0.05, 0) is 26.8 Å². The van der Waals surface area contributed by atoms with Gasteiger partial charge < -0.3 is 9.80 Å². The summed E-state index contributed by atoms with van der Waals surface area (Å²) in [4.78, 5) is 13.9. The number of aromatic nitrogens is 2. The molecule has 100 valence electrons. The van der Waals surface area contributed by atoms with Gasteiger partial charge in [-0.2, -0.15) is 0 Å². The number of nitrogens with zero attached hydrogens (tertiary/aromatic N) is 4. The van der Waals surface area contributed by atoms with Crippen LogP contribution < -0.4 is 4.90 Å². The Bertz CT molecular complexity index is 397. The number of alkyl halides is 1. The molecule has 1 aliphatic heterocycles. The molecule has 5 heteroatoms. The molecule has 0 N–H and O–H groups in total. The van der Waals surface area contributed by atoms with Crippen molar-refractivity contribution >= 4 is 21.7 Å². The van der Waals surface area contributed by atoms with Crippen LogP contribution in [0.2, 0.25) is 0 Å². The highest BCUT2D eigenvalue weighted by molar-refractivity contribution is 9.09. The smallest absolute Gasteiger partial charge is 0.147 e. The predicted molar refractivity (Wildman–Crippen MR) is 78.6 cm³/mol. The molecule has 0 amide bonds. The summed E-state index contributed by atoms with van der Waals surface area (Å²) in [6, 6.07) is 0. The minimum absolute atomic E-state index is 1.02. The summed E-state index contributed by atoms with van der Waals surface area (Å²) in [7, 11) is 0. The van der Waals surface area contributed by atoms with Gasteiger partial charge in [-0.25, -0.2) is 4.98 Å². The number of hydrogen-bond acceptors (Lipinski definition) is 4. The van der Waals surface area contributed by atoms with Crippen molar-refractivity contribution < 1.29 is 0 Å². The van der Waals surface area contributed by atoms with E-state index >= 15 is 0 Å². The Morgan fingerprint density at radius 3 is 2.72 bits per heavy atom. The first-order chi connectivity index (χ1) is 8.70. The summed E-state index contributed by atoms with van der Waals surface area (Å²) in [5.74, 6) is 1.03. The second kappa shape index (κ2) is 6.48. The van der Waals surface area contributed by atoms with E-state index in [1.807, 2.05) is 20.0 Å². The summed E-state index contributed by atoms with van der Waals surface area (Å²) in [5.41, 5.74) is 2.06. The Balaban J connectivity index is 2.02. The molecule has 18 heavy (non-hydrogen) atoms. The molecular weight excluding hydrogens is 292 g/mol. The molecule has 0 unspecified atom stereocenters. The van der Waals surface area contributed by atoms with E-state index < -0.39 is 0 Å². The van der Waals surface area contributed by atoms with Crippen molar-refractivity contribution in [3.63, 3.8) is 0 Å². The van der Waals surface area contributed by atoms with Crippen LogP contribution in [0.3, 0.4) is 0 Å². The molecule has 1 saturated heterocycles. The van der Waals surface area contributed by atoms with Crippen molar-refractivity contribution in [3.8, 4) is 0 Å². The standard InChI is InChI=1S/C13H21BrN4/c1-11-12(2)16-13(10-15-11)18-6-3-5-17(7-4-14)8-9-18/h10H,3-9H2,1-2H3. The molecule has 1 aromatic rings. The van der Waals surface area contributed by atoms with Crippen LogP contribution in [0, 0.1) is 13.8 Å². The zero-order chi connectivity index (χ0) is 13.0. The molecule has 2 rings (SSSR count). The minimum Gasteiger partial charge on any atom is -0.354 e. The molecule has 0 spiro atoms. The molecule has 0 aliphatic carbocycles. The van der Waals surface area contributed by atoms with E-state index in [0.717, 1.165) is 48.7 Å². The third-order valence-corrected chi connectivity index (χ3v) is 3.85. The highest BCUT2D eigenvalue weighted by Gasteiger charge is 2.16. The molecule has 0 aromatic carbocycles. The molecule has 4 nitrogen and oxygen atoms in total. The maximum atomic E-state index is 4.64. The SMILES string of the molecule is Cc1ncc(N2CCCN(CCBr)CC2)nc1C. The van der Waals surface area contributed by atoms with Crippen LogP contribution >= 0.6 is 15.9 Å². The zero-order valence-corrected chi connectivity index (χ0v) is 12.8. The highest BCUT2D eigenvalue weighted by atomic mass is 79.9. The van der Waals surface area contributed by atoms with E-state index in [4.69, 9.17) is 0 Å². The van der Waals surface area contributed by atoms with Gasteiger partial charge in [-0.3, -0.25) is 4.98 Å². The first kappa shape index (κ1) is 13.7. The number of anilines is 1. The van der Waals surface area contributed by atoms with Crippen molar-refractivity contribution in [1.82, 2.24) is 14.9 Å². The molecule has 1 fully saturated rings. The van der Waals surface area contributed by atoms with Crippen LogP contribution in [0.1, 0.15) is 17.8 Å². The lowest BCUT2D eigenvalue weighted by atomic mass is 10.3. The maximum absolute atomic E-state index is 4.64. The van der Waals surface area contributed by atoms with E-state index in [0.29, 0.717) is 0 Å². The lowest BCUT2D eigenvalue weighted by Gasteiger charge is -2.22. The third kappa shape index (κ3) is 3.42. The fraction of sp³-hybridized carbons (Fsp3) is 0.692. The molecular formula is C13H21BrN4. The quantitative estimate of drug-likeness (QED) is 0.799. The Morgan fingerprint density at radius 1 is 1.17 bits per heavy atom. The van der Waals surface area contributed by atoms with Gasteiger partial charge in [-0.1, -0.05) is 15.9 Å². The zero-order valence-electron chi connectivity index (χ0n) is 11.2. The Labute approximate surface area is 118 Å². The average molecular weight is 313 g/mol. The summed E-state index contributed by atoms with van der Waals surface area (Å²) < 4.78 is 0. The first-order valence-electron chi connectivity index (χ1n) is 6.54. The van der Waals surface area contributed by atoms with Gasteiger partial charge in [0.05, 0.1) is 17.6 Å². The van der Waals surface area contributed by atoms with Crippen LogP contribution in [0.15, 0.2) is 6.20 Å². The largest absolute Gasteiger partial charge is 0.354 e. The van der Waals surface area contributed by atoms with Crippen molar-refractivity contribution in [3.05, 3.63) is 17.6 Å². The molecule has 1 aromatic heterocycles. The van der Waals surface area contributed by atoms with Crippen LogP contribution in [-0.2, 0) is 0 Å². The van der Waals surface area contributed by atoms with Gasteiger partial charge in [-0.15, -0.1) is 0 Å². The van der Waals surface area contributed by atoms with E-state index in [1.54, 1.807) is 0 Å². The molecule has 2 heterocycles. The maximum Gasteiger partial charge on any atom is 0.147 e. The van der Waals surface area contributed by atoms with Gasteiger partial charge in [0, 0.05) is 31.5 Å². The number of hydrogen-bond donors (Lipinski definition) is 0.